The van der Waals surface area contributed by atoms with E-state index in [2.05, 4.69) is 58.8 Å². The average Bonchev–Trinajstić information content (AvgIpc) is 3.07. The molecule has 2 rings (SSSR count). The Morgan fingerprint density at radius 1 is 1.27 bits per heavy atom. The summed E-state index contributed by atoms with van der Waals surface area (Å²) in [6, 6.07) is 4.31. The molecule has 1 fully saturated rings. The maximum absolute atomic E-state index is 4.76. The number of aliphatic imine (C=N–C) groups is 1. The summed E-state index contributed by atoms with van der Waals surface area (Å²) in [5.41, 5.74) is 0. The summed E-state index contributed by atoms with van der Waals surface area (Å²) < 4.78 is 0. The molecule has 0 amide bonds. The van der Waals surface area contributed by atoms with Crippen LogP contribution < -0.4 is 10.6 Å². The van der Waals surface area contributed by atoms with Crippen LogP contribution in [0.2, 0.25) is 0 Å². The summed E-state index contributed by atoms with van der Waals surface area (Å²) >= 11 is 1.82. The van der Waals surface area contributed by atoms with Crippen LogP contribution in [-0.2, 0) is 0 Å². The van der Waals surface area contributed by atoms with Crippen molar-refractivity contribution in [3.63, 3.8) is 0 Å². The normalized spacial score (nSPS) is 18.0. The van der Waals surface area contributed by atoms with E-state index in [0.717, 1.165) is 32.0 Å². The highest BCUT2D eigenvalue weighted by atomic mass is 127. The van der Waals surface area contributed by atoms with Crippen LogP contribution in [0.5, 0.6) is 0 Å². The van der Waals surface area contributed by atoms with Crippen LogP contribution in [0.3, 0.4) is 0 Å². The van der Waals surface area contributed by atoms with Crippen LogP contribution in [0, 0.1) is 0 Å². The number of thiophene rings is 1. The van der Waals surface area contributed by atoms with E-state index in [1.54, 1.807) is 0 Å². The van der Waals surface area contributed by atoms with E-state index < -0.39 is 0 Å². The van der Waals surface area contributed by atoms with Gasteiger partial charge in [-0.25, -0.2) is 0 Å². The molecule has 0 radical (unpaired) electrons. The first-order valence-corrected chi connectivity index (χ1v) is 10.5. The van der Waals surface area contributed by atoms with Crippen molar-refractivity contribution in [1.29, 1.82) is 0 Å². The van der Waals surface area contributed by atoms with E-state index in [9.17, 15) is 0 Å². The predicted octanol–water partition coefficient (Wildman–Crippen LogP) is 3.05. The smallest absolute Gasteiger partial charge is 0.191 e. The lowest BCUT2D eigenvalue weighted by Gasteiger charge is -2.20. The summed E-state index contributed by atoms with van der Waals surface area (Å²) in [5.74, 6) is 1.42. The molecule has 0 saturated carbocycles. The van der Waals surface area contributed by atoms with Crippen molar-refractivity contribution in [2.75, 3.05) is 59.4 Å². The minimum Gasteiger partial charge on any atom is -0.357 e. The number of likely N-dealkylation sites (N-methyl/N-ethyl adjacent to an activating group) is 1. The van der Waals surface area contributed by atoms with Gasteiger partial charge in [0.2, 0.25) is 0 Å². The van der Waals surface area contributed by atoms with Gasteiger partial charge in [-0.2, -0.15) is 0 Å². The molecule has 26 heavy (non-hydrogen) atoms. The molecule has 1 saturated heterocycles. The zero-order valence-corrected chi connectivity index (χ0v) is 19.7. The molecule has 150 valence electrons. The molecule has 1 unspecified atom stereocenters. The van der Waals surface area contributed by atoms with Gasteiger partial charge in [-0.05, 0) is 57.9 Å². The second-order valence-electron chi connectivity index (χ2n) is 6.91. The third-order valence-corrected chi connectivity index (χ3v) is 5.76. The third-order valence-electron chi connectivity index (χ3n) is 4.65. The molecule has 1 atom stereocenters. The molecule has 1 aromatic heterocycles. The fourth-order valence-electron chi connectivity index (χ4n) is 3.06. The summed E-state index contributed by atoms with van der Waals surface area (Å²) in [6.07, 6.45) is 2.45. The fraction of sp³-hybridized carbons (Fsp3) is 0.737. The van der Waals surface area contributed by atoms with Gasteiger partial charge in [-0.3, -0.25) is 4.99 Å². The van der Waals surface area contributed by atoms with Crippen molar-refractivity contribution in [2.45, 2.75) is 32.6 Å². The summed E-state index contributed by atoms with van der Waals surface area (Å²) in [4.78, 5) is 11.2. The molecule has 2 heterocycles. The van der Waals surface area contributed by atoms with E-state index in [0.29, 0.717) is 5.92 Å². The molecule has 1 aliphatic heterocycles. The van der Waals surface area contributed by atoms with Gasteiger partial charge in [-0.1, -0.05) is 13.0 Å². The molecule has 2 N–H and O–H groups in total. The quantitative estimate of drug-likeness (QED) is 0.253. The summed E-state index contributed by atoms with van der Waals surface area (Å²) in [5, 5.41) is 8.99. The van der Waals surface area contributed by atoms with Crippen LogP contribution in [0.15, 0.2) is 22.5 Å². The first-order chi connectivity index (χ1) is 12.2. The zero-order valence-electron chi connectivity index (χ0n) is 16.5. The second-order valence-corrected chi connectivity index (χ2v) is 7.89. The highest BCUT2D eigenvalue weighted by Gasteiger charge is 2.11. The Labute approximate surface area is 180 Å². The first kappa shape index (κ1) is 23.7. The highest BCUT2D eigenvalue weighted by Crippen LogP contribution is 2.20. The van der Waals surface area contributed by atoms with Crippen molar-refractivity contribution < 1.29 is 0 Å². The number of nitrogens with zero attached hydrogens (tertiary/aromatic N) is 3. The minimum absolute atomic E-state index is 0. The van der Waals surface area contributed by atoms with Gasteiger partial charge in [-0.15, -0.1) is 35.3 Å². The standard InChI is InChI=1S/C19H35N5S.HI/c1-4-20-19(22-16-17(2)18-8-5-15-25-18)21-9-6-11-24-12-7-10-23(3)13-14-24;/h5,8,15,17H,4,6-7,9-14,16H2,1-3H3,(H2,20,21,22);1H. The maximum Gasteiger partial charge on any atom is 0.191 e. The van der Waals surface area contributed by atoms with E-state index in [1.165, 1.54) is 44.0 Å². The van der Waals surface area contributed by atoms with Gasteiger partial charge in [0.1, 0.15) is 0 Å². The van der Waals surface area contributed by atoms with Gasteiger partial charge in [0.05, 0.1) is 6.54 Å². The lowest BCUT2D eigenvalue weighted by Crippen LogP contribution is -2.39. The molecule has 1 aromatic rings. The summed E-state index contributed by atoms with van der Waals surface area (Å²) in [6.45, 7) is 13.1. The largest absolute Gasteiger partial charge is 0.357 e. The Morgan fingerprint density at radius 2 is 2.12 bits per heavy atom. The summed E-state index contributed by atoms with van der Waals surface area (Å²) in [7, 11) is 2.22. The molecular formula is C19H36IN5S. The molecule has 0 aromatic carbocycles. The molecular weight excluding hydrogens is 457 g/mol. The second kappa shape index (κ2) is 13.7. The van der Waals surface area contributed by atoms with Crippen LogP contribution in [0.1, 0.15) is 37.5 Å². The topological polar surface area (TPSA) is 42.9 Å². The minimum atomic E-state index is 0. The van der Waals surface area contributed by atoms with Crippen molar-refractivity contribution >= 4 is 41.3 Å². The van der Waals surface area contributed by atoms with E-state index in [1.807, 2.05) is 11.3 Å². The molecule has 0 spiro atoms. The number of rotatable bonds is 8. The molecule has 5 nitrogen and oxygen atoms in total. The lowest BCUT2D eigenvalue weighted by atomic mass is 10.1. The van der Waals surface area contributed by atoms with E-state index in [-0.39, 0.29) is 24.0 Å². The lowest BCUT2D eigenvalue weighted by molar-refractivity contribution is 0.274. The molecule has 0 bridgehead atoms. The Kier molecular flexibility index (Phi) is 12.5. The van der Waals surface area contributed by atoms with Crippen LogP contribution in [-0.4, -0.2) is 75.2 Å². The number of guanidine groups is 1. The van der Waals surface area contributed by atoms with Crippen LogP contribution in [0.4, 0.5) is 0 Å². The number of halogens is 1. The van der Waals surface area contributed by atoms with Gasteiger partial charge < -0.3 is 20.4 Å². The monoisotopic (exact) mass is 493 g/mol. The van der Waals surface area contributed by atoms with E-state index in [4.69, 9.17) is 4.99 Å². The first-order valence-electron chi connectivity index (χ1n) is 9.65. The molecule has 1 aliphatic rings. The van der Waals surface area contributed by atoms with Crippen molar-refractivity contribution in [2.24, 2.45) is 4.99 Å². The SMILES string of the molecule is CCNC(=NCC(C)c1cccs1)NCCCN1CCCN(C)CC1.I. The van der Waals surface area contributed by atoms with Gasteiger partial charge in [0.15, 0.2) is 5.96 Å². The van der Waals surface area contributed by atoms with Crippen molar-refractivity contribution in [1.82, 2.24) is 20.4 Å². The zero-order chi connectivity index (χ0) is 17.9. The van der Waals surface area contributed by atoms with Gasteiger partial charge in [0.25, 0.3) is 0 Å². The van der Waals surface area contributed by atoms with Crippen molar-refractivity contribution in [3.05, 3.63) is 22.4 Å². The number of nitrogens with one attached hydrogen (secondary N) is 2. The van der Waals surface area contributed by atoms with E-state index >= 15 is 0 Å². The average molecular weight is 494 g/mol. The Bertz CT molecular complexity index is 494. The van der Waals surface area contributed by atoms with Crippen molar-refractivity contribution in [3.8, 4) is 0 Å². The fourth-order valence-corrected chi connectivity index (χ4v) is 3.84. The Balaban J connectivity index is 0.00000338. The predicted molar refractivity (Wildman–Crippen MR) is 125 cm³/mol. The van der Waals surface area contributed by atoms with Gasteiger partial charge in [0, 0.05) is 37.0 Å². The third kappa shape index (κ3) is 9.01. The maximum atomic E-state index is 4.76. The Hall–Kier alpha value is -0.380. The molecule has 7 heteroatoms. The molecule has 0 aliphatic carbocycles. The van der Waals surface area contributed by atoms with Crippen LogP contribution >= 0.6 is 35.3 Å². The number of hydrogen-bond donors (Lipinski definition) is 2. The number of hydrogen-bond acceptors (Lipinski definition) is 4. The Morgan fingerprint density at radius 3 is 2.85 bits per heavy atom. The van der Waals surface area contributed by atoms with Crippen LogP contribution in [0.25, 0.3) is 0 Å². The van der Waals surface area contributed by atoms with Gasteiger partial charge >= 0.3 is 0 Å². The highest BCUT2D eigenvalue weighted by molar-refractivity contribution is 14.0.